The van der Waals surface area contributed by atoms with E-state index < -0.39 is 0 Å². The topological polar surface area (TPSA) is 29.1 Å². The van der Waals surface area contributed by atoms with Gasteiger partial charge in [-0.05, 0) is 41.5 Å². The van der Waals surface area contributed by atoms with Gasteiger partial charge in [0.15, 0.2) is 0 Å². The molecule has 0 aromatic heterocycles. The minimum Gasteiger partial charge on any atom is -0.326 e. The van der Waals surface area contributed by atoms with Gasteiger partial charge in [0.05, 0.1) is 5.02 Å². The molecule has 1 aliphatic carbocycles. The summed E-state index contributed by atoms with van der Waals surface area (Å²) in [7, 11) is 0. The molecule has 0 saturated heterocycles. The first-order valence-electron chi connectivity index (χ1n) is 5.78. The van der Waals surface area contributed by atoms with Crippen molar-refractivity contribution in [2.24, 2.45) is 0 Å². The Bertz CT molecular complexity index is 679. The number of anilines is 1. The number of benzene rings is 2. The van der Waals surface area contributed by atoms with E-state index in [9.17, 15) is 4.79 Å². The number of hydrogen-bond donors (Lipinski definition) is 1. The van der Waals surface area contributed by atoms with Gasteiger partial charge >= 0.3 is 0 Å². The minimum atomic E-state index is -0.0860. The molecule has 0 fully saturated rings. The van der Waals surface area contributed by atoms with Crippen LogP contribution in [0.15, 0.2) is 18.2 Å². The van der Waals surface area contributed by atoms with Crippen molar-refractivity contribution in [3.05, 3.63) is 39.4 Å². The van der Waals surface area contributed by atoms with Crippen LogP contribution >= 0.6 is 23.2 Å². The van der Waals surface area contributed by atoms with Gasteiger partial charge < -0.3 is 5.32 Å². The highest BCUT2D eigenvalue weighted by Gasteiger charge is 2.21. The van der Waals surface area contributed by atoms with Crippen LogP contribution < -0.4 is 5.32 Å². The van der Waals surface area contributed by atoms with E-state index in [0.29, 0.717) is 10.0 Å². The van der Waals surface area contributed by atoms with Crippen LogP contribution in [0.5, 0.6) is 0 Å². The molecular formula is C14H11Cl2NO. The lowest BCUT2D eigenvalue weighted by Crippen LogP contribution is -2.07. The summed E-state index contributed by atoms with van der Waals surface area (Å²) in [4.78, 5) is 11.2. The van der Waals surface area contributed by atoms with Crippen molar-refractivity contribution in [3.8, 4) is 0 Å². The SMILES string of the molecule is CC(=O)Nc1cc(Cl)c2c(Cl)ccc3c2c1CC3. The number of rotatable bonds is 1. The first-order valence-corrected chi connectivity index (χ1v) is 6.53. The van der Waals surface area contributed by atoms with Gasteiger partial charge in [-0.2, -0.15) is 0 Å². The second kappa shape index (κ2) is 4.15. The van der Waals surface area contributed by atoms with Gasteiger partial charge in [0.1, 0.15) is 0 Å². The zero-order valence-electron chi connectivity index (χ0n) is 9.81. The lowest BCUT2D eigenvalue weighted by atomic mass is 10.0. The van der Waals surface area contributed by atoms with Gasteiger partial charge in [0, 0.05) is 23.0 Å². The molecule has 2 nitrogen and oxygen atoms in total. The van der Waals surface area contributed by atoms with Gasteiger partial charge in [-0.1, -0.05) is 29.3 Å². The molecule has 0 heterocycles. The number of nitrogens with one attached hydrogen (secondary N) is 1. The van der Waals surface area contributed by atoms with Crippen molar-refractivity contribution >= 4 is 45.6 Å². The van der Waals surface area contributed by atoms with Crippen molar-refractivity contribution in [1.29, 1.82) is 0 Å². The fraction of sp³-hybridized carbons (Fsp3) is 0.214. The highest BCUT2D eigenvalue weighted by molar-refractivity contribution is 6.43. The Balaban J connectivity index is 2.37. The number of carbonyl (C=O) groups excluding carboxylic acids is 1. The summed E-state index contributed by atoms with van der Waals surface area (Å²) in [6, 6.07) is 5.72. The summed E-state index contributed by atoms with van der Waals surface area (Å²) in [6.07, 6.45) is 1.88. The average Bonchev–Trinajstić information content (AvgIpc) is 2.70. The monoisotopic (exact) mass is 279 g/mol. The molecule has 0 atom stereocenters. The molecule has 18 heavy (non-hydrogen) atoms. The van der Waals surface area contributed by atoms with E-state index in [0.717, 1.165) is 34.9 Å². The third kappa shape index (κ3) is 1.68. The van der Waals surface area contributed by atoms with E-state index in [1.165, 1.54) is 12.5 Å². The lowest BCUT2D eigenvalue weighted by molar-refractivity contribution is -0.114. The van der Waals surface area contributed by atoms with E-state index >= 15 is 0 Å². The predicted molar refractivity (Wildman–Crippen MR) is 75.7 cm³/mol. The van der Waals surface area contributed by atoms with Crippen LogP contribution in [0, 0.1) is 0 Å². The van der Waals surface area contributed by atoms with Crippen LogP contribution in [0.3, 0.4) is 0 Å². The Morgan fingerprint density at radius 3 is 2.67 bits per heavy atom. The Morgan fingerprint density at radius 1 is 1.17 bits per heavy atom. The van der Waals surface area contributed by atoms with Gasteiger partial charge in [0.2, 0.25) is 5.91 Å². The molecule has 1 amide bonds. The maximum atomic E-state index is 11.2. The first kappa shape index (κ1) is 11.8. The molecular weight excluding hydrogens is 269 g/mol. The highest BCUT2D eigenvalue weighted by atomic mass is 35.5. The summed E-state index contributed by atoms with van der Waals surface area (Å²) in [5, 5.41) is 6.11. The third-order valence-corrected chi connectivity index (χ3v) is 3.95. The van der Waals surface area contributed by atoms with Crippen molar-refractivity contribution in [2.75, 3.05) is 5.32 Å². The summed E-state index contributed by atoms with van der Waals surface area (Å²) in [5.74, 6) is -0.0860. The van der Waals surface area contributed by atoms with Crippen molar-refractivity contribution in [2.45, 2.75) is 19.8 Å². The van der Waals surface area contributed by atoms with Crippen molar-refractivity contribution in [1.82, 2.24) is 0 Å². The second-order valence-corrected chi connectivity index (χ2v) is 5.34. The Kier molecular flexibility index (Phi) is 2.72. The van der Waals surface area contributed by atoms with E-state index in [2.05, 4.69) is 5.32 Å². The van der Waals surface area contributed by atoms with Crippen LogP contribution in [0.4, 0.5) is 5.69 Å². The zero-order chi connectivity index (χ0) is 12.9. The van der Waals surface area contributed by atoms with E-state index in [-0.39, 0.29) is 5.91 Å². The Hall–Kier alpha value is -1.25. The molecule has 3 rings (SSSR count). The fourth-order valence-electron chi connectivity index (χ4n) is 2.65. The molecule has 0 bridgehead atoms. The average molecular weight is 280 g/mol. The summed E-state index contributed by atoms with van der Waals surface area (Å²) < 4.78 is 0. The molecule has 2 aromatic rings. The quantitative estimate of drug-likeness (QED) is 0.833. The predicted octanol–water partition coefficient (Wildman–Crippen LogP) is 4.20. The maximum absolute atomic E-state index is 11.2. The molecule has 0 radical (unpaired) electrons. The molecule has 0 spiro atoms. The molecule has 0 saturated carbocycles. The van der Waals surface area contributed by atoms with Crippen LogP contribution in [-0.2, 0) is 17.6 Å². The first-order chi connectivity index (χ1) is 8.58. The van der Waals surface area contributed by atoms with Crippen molar-refractivity contribution in [3.63, 3.8) is 0 Å². The van der Waals surface area contributed by atoms with Gasteiger partial charge in [-0.15, -0.1) is 0 Å². The van der Waals surface area contributed by atoms with E-state index in [1.807, 2.05) is 12.1 Å². The lowest BCUT2D eigenvalue weighted by Gasteiger charge is -2.12. The largest absolute Gasteiger partial charge is 0.326 e. The van der Waals surface area contributed by atoms with E-state index in [4.69, 9.17) is 23.2 Å². The normalized spacial score (nSPS) is 13.1. The van der Waals surface area contributed by atoms with Crippen LogP contribution in [-0.4, -0.2) is 5.91 Å². The number of carbonyl (C=O) groups is 1. The van der Waals surface area contributed by atoms with Crippen LogP contribution in [0.1, 0.15) is 18.1 Å². The maximum Gasteiger partial charge on any atom is 0.221 e. The minimum absolute atomic E-state index is 0.0860. The number of amides is 1. The Morgan fingerprint density at radius 2 is 1.94 bits per heavy atom. The smallest absolute Gasteiger partial charge is 0.221 e. The molecule has 4 heteroatoms. The Labute approximate surface area is 115 Å². The number of aryl methyl sites for hydroxylation is 2. The van der Waals surface area contributed by atoms with Gasteiger partial charge in [0.25, 0.3) is 0 Å². The molecule has 0 unspecified atom stereocenters. The van der Waals surface area contributed by atoms with E-state index in [1.54, 1.807) is 6.07 Å². The van der Waals surface area contributed by atoms with Gasteiger partial charge in [-0.25, -0.2) is 0 Å². The molecule has 1 N–H and O–H groups in total. The number of hydrogen-bond acceptors (Lipinski definition) is 1. The summed E-state index contributed by atoms with van der Waals surface area (Å²) in [5.41, 5.74) is 3.20. The highest BCUT2D eigenvalue weighted by Crippen LogP contribution is 2.42. The second-order valence-electron chi connectivity index (χ2n) is 4.52. The number of halogens is 2. The molecule has 0 aliphatic heterocycles. The summed E-state index contributed by atoms with van der Waals surface area (Å²) in [6.45, 7) is 1.50. The van der Waals surface area contributed by atoms with Crippen molar-refractivity contribution < 1.29 is 4.79 Å². The molecule has 2 aromatic carbocycles. The molecule has 92 valence electrons. The van der Waals surface area contributed by atoms with Crippen LogP contribution in [0.25, 0.3) is 10.8 Å². The zero-order valence-corrected chi connectivity index (χ0v) is 11.3. The third-order valence-electron chi connectivity index (χ3n) is 3.33. The standard InChI is InChI=1S/C14H11Cl2NO/c1-7(18)17-12-6-11(16)14-10(15)5-3-8-2-4-9(12)13(8)14/h3,5-6H,2,4H2,1H3,(H,17,18). The molecule has 1 aliphatic rings. The van der Waals surface area contributed by atoms with Crippen LogP contribution in [0.2, 0.25) is 10.0 Å². The fourth-order valence-corrected chi connectivity index (χ4v) is 3.26. The summed E-state index contributed by atoms with van der Waals surface area (Å²) >= 11 is 12.5. The van der Waals surface area contributed by atoms with Gasteiger partial charge in [-0.3, -0.25) is 4.79 Å².